The fourth-order valence-electron chi connectivity index (χ4n) is 3.02. The standard InChI is InChI=1S/C19H13F7N4O2/c20-10-2-3-14-13(6-10)30(4-1-5-32-14)16(31)9-28-17-11(8-27)12(18(21,22)23)7-15(29-17)19(24,25)26/h2-3,6-7H,1,4-5,9H2,(H,28,29). The molecule has 0 radical (unpaired) electrons. The van der Waals surface area contributed by atoms with E-state index in [0.29, 0.717) is 6.42 Å². The molecular weight excluding hydrogens is 449 g/mol. The molecule has 0 unspecified atom stereocenters. The summed E-state index contributed by atoms with van der Waals surface area (Å²) in [6.07, 6.45) is -10.2. The van der Waals surface area contributed by atoms with Gasteiger partial charge in [0, 0.05) is 12.6 Å². The highest BCUT2D eigenvalue weighted by Gasteiger charge is 2.41. The molecule has 1 aromatic heterocycles. The molecule has 6 nitrogen and oxygen atoms in total. The molecule has 1 aliphatic rings. The largest absolute Gasteiger partial charge is 0.491 e. The number of rotatable bonds is 3. The maximum atomic E-state index is 13.7. The maximum Gasteiger partial charge on any atom is 0.433 e. The van der Waals surface area contributed by atoms with E-state index >= 15 is 0 Å². The highest BCUT2D eigenvalue weighted by Crippen LogP contribution is 2.38. The van der Waals surface area contributed by atoms with E-state index in [0.717, 1.165) is 17.0 Å². The Hall–Kier alpha value is -3.56. The first-order valence-electron chi connectivity index (χ1n) is 8.98. The topological polar surface area (TPSA) is 78.2 Å². The van der Waals surface area contributed by atoms with Gasteiger partial charge < -0.3 is 15.0 Å². The highest BCUT2D eigenvalue weighted by atomic mass is 19.4. The number of fused-ring (bicyclic) bond motifs is 1. The first-order valence-corrected chi connectivity index (χ1v) is 8.98. The summed E-state index contributed by atoms with van der Waals surface area (Å²) in [4.78, 5) is 16.8. The van der Waals surface area contributed by atoms with Crippen molar-refractivity contribution in [2.24, 2.45) is 0 Å². The van der Waals surface area contributed by atoms with Gasteiger partial charge in [0.1, 0.15) is 34.7 Å². The lowest BCUT2D eigenvalue weighted by Crippen LogP contribution is -2.36. The fraction of sp³-hybridized carbons (Fsp3) is 0.316. The summed E-state index contributed by atoms with van der Waals surface area (Å²) in [6, 6.07) is 4.33. The molecule has 1 aromatic carbocycles. The van der Waals surface area contributed by atoms with Crippen molar-refractivity contribution < 1.29 is 40.3 Å². The number of carbonyl (C=O) groups is 1. The molecule has 170 valence electrons. The van der Waals surface area contributed by atoms with Gasteiger partial charge in [-0.1, -0.05) is 0 Å². The number of nitrogens with one attached hydrogen (secondary N) is 1. The Morgan fingerprint density at radius 2 is 1.91 bits per heavy atom. The van der Waals surface area contributed by atoms with Gasteiger partial charge in [-0.2, -0.15) is 31.6 Å². The van der Waals surface area contributed by atoms with Crippen molar-refractivity contribution in [3.63, 3.8) is 0 Å². The number of pyridine rings is 1. The zero-order chi connectivity index (χ0) is 23.7. The van der Waals surface area contributed by atoms with E-state index < -0.39 is 53.3 Å². The Morgan fingerprint density at radius 3 is 2.53 bits per heavy atom. The van der Waals surface area contributed by atoms with E-state index in [1.165, 1.54) is 12.1 Å². The average molecular weight is 462 g/mol. The number of ether oxygens (including phenoxy) is 1. The summed E-state index contributed by atoms with van der Waals surface area (Å²) < 4.78 is 97.9. The lowest BCUT2D eigenvalue weighted by Gasteiger charge is -2.22. The van der Waals surface area contributed by atoms with E-state index in [-0.39, 0.29) is 30.7 Å². The van der Waals surface area contributed by atoms with Gasteiger partial charge in [0.25, 0.3) is 0 Å². The van der Waals surface area contributed by atoms with Crippen LogP contribution in [0, 0.1) is 17.1 Å². The highest BCUT2D eigenvalue weighted by molar-refractivity contribution is 5.97. The van der Waals surface area contributed by atoms with Gasteiger partial charge in [0.15, 0.2) is 0 Å². The molecule has 0 bridgehead atoms. The monoisotopic (exact) mass is 462 g/mol. The van der Waals surface area contributed by atoms with Gasteiger partial charge >= 0.3 is 12.4 Å². The molecule has 32 heavy (non-hydrogen) atoms. The van der Waals surface area contributed by atoms with Gasteiger partial charge in [-0.3, -0.25) is 4.79 Å². The van der Waals surface area contributed by atoms with Crippen LogP contribution in [0.4, 0.5) is 42.2 Å². The number of aromatic nitrogens is 1. The second-order valence-corrected chi connectivity index (χ2v) is 6.60. The van der Waals surface area contributed by atoms with E-state index in [9.17, 15) is 35.5 Å². The van der Waals surface area contributed by atoms with Crippen LogP contribution in [0.3, 0.4) is 0 Å². The van der Waals surface area contributed by atoms with Crippen LogP contribution in [0.2, 0.25) is 0 Å². The summed E-state index contributed by atoms with van der Waals surface area (Å²) in [5.74, 6) is -2.35. The Morgan fingerprint density at radius 1 is 1.19 bits per heavy atom. The predicted molar refractivity (Wildman–Crippen MR) is 96.3 cm³/mol. The number of anilines is 2. The third-order valence-corrected chi connectivity index (χ3v) is 4.43. The number of hydrogen-bond acceptors (Lipinski definition) is 5. The molecule has 1 amide bonds. The van der Waals surface area contributed by atoms with Crippen molar-refractivity contribution in [3.8, 4) is 11.8 Å². The third kappa shape index (κ3) is 4.84. The zero-order valence-electron chi connectivity index (χ0n) is 15.9. The quantitative estimate of drug-likeness (QED) is 0.686. The number of amides is 1. The second-order valence-electron chi connectivity index (χ2n) is 6.60. The normalized spacial score (nSPS) is 14.1. The van der Waals surface area contributed by atoms with Gasteiger partial charge in [-0.25, -0.2) is 9.37 Å². The number of nitriles is 1. The van der Waals surface area contributed by atoms with E-state index in [1.54, 1.807) is 0 Å². The molecule has 2 aromatic rings. The molecule has 0 aliphatic carbocycles. The minimum absolute atomic E-state index is 0.0581. The Balaban J connectivity index is 1.94. The summed E-state index contributed by atoms with van der Waals surface area (Å²) in [5, 5.41) is 11.2. The third-order valence-electron chi connectivity index (χ3n) is 4.43. The van der Waals surface area contributed by atoms with E-state index in [1.807, 2.05) is 0 Å². The van der Waals surface area contributed by atoms with Crippen molar-refractivity contribution in [1.82, 2.24) is 4.98 Å². The number of carbonyl (C=O) groups excluding carboxylic acids is 1. The van der Waals surface area contributed by atoms with Crippen LogP contribution < -0.4 is 15.0 Å². The van der Waals surface area contributed by atoms with Gasteiger partial charge in [0.2, 0.25) is 5.91 Å². The number of nitrogens with zero attached hydrogens (tertiary/aromatic N) is 3. The second kappa shape index (κ2) is 8.52. The molecule has 0 saturated carbocycles. The minimum atomic E-state index is -5.27. The van der Waals surface area contributed by atoms with Crippen LogP contribution in [-0.4, -0.2) is 30.6 Å². The summed E-state index contributed by atoms with van der Waals surface area (Å²) in [7, 11) is 0. The lowest BCUT2D eigenvalue weighted by molar-refractivity contribution is -0.145. The lowest BCUT2D eigenvalue weighted by atomic mass is 10.1. The van der Waals surface area contributed by atoms with Crippen molar-refractivity contribution in [2.75, 3.05) is 29.9 Å². The van der Waals surface area contributed by atoms with Crippen LogP contribution >= 0.6 is 0 Å². The van der Waals surface area contributed by atoms with Crippen molar-refractivity contribution in [3.05, 3.63) is 46.9 Å². The van der Waals surface area contributed by atoms with Crippen molar-refractivity contribution >= 4 is 17.4 Å². The van der Waals surface area contributed by atoms with Crippen LogP contribution in [0.25, 0.3) is 0 Å². The Labute approximate surface area is 176 Å². The van der Waals surface area contributed by atoms with E-state index in [2.05, 4.69) is 10.3 Å². The molecule has 0 saturated heterocycles. The molecule has 0 spiro atoms. The summed E-state index contributed by atoms with van der Waals surface area (Å²) in [6.45, 7) is -0.541. The number of halogens is 7. The average Bonchev–Trinajstić information content (AvgIpc) is 2.91. The molecule has 1 N–H and O–H groups in total. The molecule has 3 rings (SSSR count). The molecule has 0 atom stereocenters. The smallest absolute Gasteiger partial charge is 0.433 e. The minimum Gasteiger partial charge on any atom is -0.491 e. The van der Waals surface area contributed by atoms with Crippen LogP contribution in [0.15, 0.2) is 24.3 Å². The maximum absolute atomic E-state index is 13.7. The SMILES string of the molecule is N#Cc1c(C(F)(F)F)cc(C(F)(F)F)nc1NCC(=O)N1CCCOc2ccc(F)cc21. The number of benzene rings is 1. The molecular formula is C19H13F7N4O2. The summed E-state index contributed by atoms with van der Waals surface area (Å²) >= 11 is 0. The van der Waals surface area contributed by atoms with Crippen molar-refractivity contribution in [1.29, 1.82) is 5.26 Å². The first kappa shape index (κ1) is 23.1. The molecule has 13 heteroatoms. The number of hydrogen-bond donors (Lipinski definition) is 1. The Kier molecular flexibility index (Phi) is 6.16. The van der Waals surface area contributed by atoms with E-state index in [4.69, 9.17) is 10.00 Å². The zero-order valence-corrected chi connectivity index (χ0v) is 15.9. The van der Waals surface area contributed by atoms with Crippen LogP contribution in [0.5, 0.6) is 5.75 Å². The molecule has 0 fully saturated rings. The Bertz CT molecular complexity index is 1080. The van der Waals surface area contributed by atoms with Gasteiger partial charge in [0.05, 0.1) is 24.4 Å². The van der Waals surface area contributed by atoms with Gasteiger partial charge in [-0.05, 0) is 24.6 Å². The van der Waals surface area contributed by atoms with Gasteiger partial charge in [-0.15, -0.1) is 0 Å². The van der Waals surface area contributed by atoms with Crippen LogP contribution in [-0.2, 0) is 17.1 Å². The van der Waals surface area contributed by atoms with Crippen LogP contribution in [0.1, 0.15) is 23.2 Å². The predicted octanol–water partition coefficient (Wildman–Crippen LogP) is 4.36. The fourth-order valence-corrected chi connectivity index (χ4v) is 3.02. The van der Waals surface area contributed by atoms with Crippen molar-refractivity contribution in [2.45, 2.75) is 18.8 Å². The number of alkyl halides is 6. The summed E-state index contributed by atoms with van der Waals surface area (Å²) in [5.41, 5.74) is -4.85. The molecule has 2 heterocycles. The molecule has 1 aliphatic heterocycles. The first-order chi connectivity index (χ1) is 14.9.